The van der Waals surface area contributed by atoms with Gasteiger partial charge in [0.15, 0.2) is 0 Å². The van der Waals surface area contributed by atoms with Crippen molar-refractivity contribution in [1.29, 1.82) is 0 Å². The number of hydrogen-bond acceptors (Lipinski definition) is 4. The molecule has 288 valence electrons. The second kappa shape index (κ2) is 12.8. The summed E-state index contributed by atoms with van der Waals surface area (Å²) < 4.78 is 16.5. The fourth-order valence-electron chi connectivity index (χ4n) is 10.2. The molecule has 0 amide bonds. The van der Waals surface area contributed by atoms with Crippen molar-refractivity contribution in [2.24, 2.45) is 0 Å². The first-order valence-corrected chi connectivity index (χ1v) is 21.7. The van der Waals surface area contributed by atoms with Crippen molar-refractivity contribution in [3.05, 3.63) is 199 Å². The molecule has 3 aromatic heterocycles. The molecule has 1 aliphatic rings. The van der Waals surface area contributed by atoms with Crippen LogP contribution in [0.3, 0.4) is 0 Å². The number of rotatable bonds is 5. The molecule has 0 bridgehead atoms. The number of para-hydroxylation sites is 1. The largest absolute Gasteiger partial charge is 0.456 e. The molecular formula is C57H37NO2S. The van der Waals surface area contributed by atoms with Gasteiger partial charge in [-0.1, -0.05) is 147 Å². The summed E-state index contributed by atoms with van der Waals surface area (Å²) in [5.41, 5.74) is 16.2. The van der Waals surface area contributed by atoms with Crippen molar-refractivity contribution in [2.75, 3.05) is 4.90 Å². The van der Waals surface area contributed by atoms with Crippen molar-refractivity contribution in [3.8, 4) is 33.4 Å². The monoisotopic (exact) mass is 799 g/mol. The maximum Gasteiger partial charge on any atom is 0.144 e. The van der Waals surface area contributed by atoms with Crippen molar-refractivity contribution >= 4 is 92.4 Å². The summed E-state index contributed by atoms with van der Waals surface area (Å²) in [6, 6.07) is 67.9. The molecule has 12 aromatic rings. The van der Waals surface area contributed by atoms with E-state index in [1.807, 2.05) is 17.4 Å². The van der Waals surface area contributed by atoms with E-state index in [1.165, 1.54) is 48.0 Å². The van der Waals surface area contributed by atoms with Crippen LogP contribution in [0.1, 0.15) is 25.0 Å². The van der Waals surface area contributed by atoms with Gasteiger partial charge in [0.05, 0.1) is 11.1 Å². The van der Waals surface area contributed by atoms with E-state index >= 15 is 0 Å². The van der Waals surface area contributed by atoms with Crippen LogP contribution >= 0.6 is 11.3 Å². The Morgan fingerprint density at radius 3 is 2.05 bits per heavy atom. The van der Waals surface area contributed by atoms with Crippen LogP contribution in [0.4, 0.5) is 17.1 Å². The molecule has 0 fully saturated rings. The van der Waals surface area contributed by atoms with E-state index in [4.69, 9.17) is 8.83 Å². The standard InChI is InChI=1S/C57H37NO2S/c1-57(2)45-24-9-6-19-38(45)39-30-29-37(32-46(39)57)58(36-18-12-17-35(31-36)34-15-4-3-5-16-34)47-25-14-27-49-52(47)44-33-50-53(42-21-7-10-26-48(42)59-50)54(55(44)60-49)43-23-13-22-41-40-20-8-11-28-51(40)61-56(41)43/h3-33H,1-2H3. The lowest BCUT2D eigenvalue weighted by atomic mass is 9.82. The lowest BCUT2D eigenvalue weighted by Gasteiger charge is -2.29. The SMILES string of the molecule is CC1(C)c2ccccc2-c2ccc(N(c3cccc(-c4ccccc4)c3)c3cccc4oc5c(-c6cccc7c6sc6ccccc67)c6c(cc5c34)oc3ccccc36)cc21. The second-order valence-electron chi connectivity index (χ2n) is 16.8. The van der Waals surface area contributed by atoms with Crippen LogP contribution in [-0.4, -0.2) is 0 Å². The first-order valence-electron chi connectivity index (χ1n) is 20.9. The van der Waals surface area contributed by atoms with Gasteiger partial charge in [-0.15, -0.1) is 11.3 Å². The Bertz CT molecular complexity index is 3750. The van der Waals surface area contributed by atoms with Gasteiger partial charge in [0.25, 0.3) is 0 Å². The average Bonchev–Trinajstić information content (AvgIpc) is 4.05. The van der Waals surface area contributed by atoms with Gasteiger partial charge in [0.2, 0.25) is 0 Å². The Hall–Kier alpha value is -7.40. The topological polar surface area (TPSA) is 29.5 Å². The summed E-state index contributed by atoms with van der Waals surface area (Å²) >= 11 is 1.84. The Morgan fingerprint density at radius 2 is 1.13 bits per heavy atom. The van der Waals surface area contributed by atoms with Gasteiger partial charge in [-0.05, 0) is 88.0 Å². The van der Waals surface area contributed by atoms with Gasteiger partial charge < -0.3 is 13.7 Å². The zero-order chi connectivity index (χ0) is 40.4. The predicted octanol–water partition coefficient (Wildman–Crippen LogP) is 17.0. The highest BCUT2D eigenvalue weighted by Gasteiger charge is 2.36. The smallest absolute Gasteiger partial charge is 0.144 e. The number of furan rings is 2. The highest BCUT2D eigenvalue weighted by molar-refractivity contribution is 7.26. The lowest BCUT2D eigenvalue weighted by Crippen LogP contribution is -2.16. The van der Waals surface area contributed by atoms with Crippen LogP contribution in [0.25, 0.3) is 97.4 Å². The van der Waals surface area contributed by atoms with Crippen LogP contribution in [0, 0.1) is 0 Å². The van der Waals surface area contributed by atoms with E-state index in [9.17, 15) is 0 Å². The predicted molar refractivity (Wildman–Crippen MR) is 257 cm³/mol. The molecule has 0 saturated heterocycles. The summed E-state index contributed by atoms with van der Waals surface area (Å²) in [6.07, 6.45) is 0. The molecule has 1 aliphatic carbocycles. The number of thiophene rings is 1. The molecule has 61 heavy (non-hydrogen) atoms. The van der Waals surface area contributed by atoms with Gasteiger partial charge >= 0.3 is 0 Å². The Balaban J connectivity index is 1.12. The average molecular weight is 800 g/mol. The summed E-state index contributed by atoms with van der Waals surface area (Å²) in [5.74, 6) is 0. The van der Waals surface area contributed by atoms with E-state index in [0.717, 1.165) is 77.6 Å². The molecule has 0 N–H and O–H groups in total. The highest BCUT2D eigenvalue weighted by Crippen LogP contribution is 2.54. The minimum Gasteiger partial charge on any atom is -0.456 e. The second-order valence-corrected chi connectivity index (χ2v) is 17.8. The third-order valence-electron chi connectivity index (χ3n) is 13.1. The maximum atomic E-state index is 7.23. The lowest BCUT2D eigenvalue weighted by molar-refractivity contribution is 0.660. The first-order chi connectivity index (χ1) is 30.0. The molecule has 0 saturated carbocycles. The quantitative estimate of drug-likeness (QED) is 0.174. The molecule has 0 unspecified atom stereocenters. The van der Waals surface area contributed by atoms with E-state index in [1.54, 1.807) is 0 Å². The van der Waals surface area contributed by atoms with E-state index in [0.29, 0.717) is 0 Å². The van der Waals surface area contributed by atoms with Gasteiger partial charge in [-0.2, -0.15) is 0 Å². The summed E-state index contributed by atoms with van der Waals surface area (Å²) in [4.78, 5) is 2.43. The molecule has 0 radical (unpaired) electrons. The van der Waals surface area contributed by atoms with Crippen LogP contribution in [0.2, 0.25) is 0 Å². The van der Waals surface area contributed by atoms with E-state index in [2.05, 4.69) is 201 Å². The third-order valence-corrected chi connectivity index (χ3v) is 14.3. The van der Waals surface area contributed by atoms with E-state index < -0.39 is 0 Å². The maximum absolute atomic E-state index is 7.23. The number of fused-ring (bicyclic) bond motifs is 12. The zero-order valence-electron chi connectivity index (χ0n) is 33.6. The highest BCUT2D eigenvalue weighted by atomic mass is 32.1. The van der Waals surface area contributed by atoms with Crippen LogP contribution in [0.15, 0.2) is 197 Å². The Morgan fingerprint density at radius 1 is 0.443 bits per heavy atom. The van der Waals surface area contributed by atoms with Gasteiger partial charge in [-0.3, -0.25) is 0 Å². The number of benzene rings is 9. The molecule has 3 nitrogen and oxygen atoms in total. The number of anilines is 3. The molecular weight excluding hydrogens is 763 g/mol. The molecule has 3 heterocycles. The number of nitrogens with zero attached hydrogens (tertiary/aromatic N) is 1. The minimum atomic E-state index is -0.163. The molecule has 4 heteroatoms. The summed E-state index contributed by atoms with van der Waals surface area (Å²) in [6.45, 7) is 4.70. The van der Waals surface area contributed by atoms with Crippen LogP contribution in [-0.2, 0) is 5.41 Å². The van der Waals surface area contributed by atoms with E-state index in [-0.39, 0.29) is 5.41 Å². The van der Waals surface area contributed by atoms with Gasteiger partial charge in [0.1, 0.15) is 22.3 Å². The fraction of sp³-hybridized carbons (Fsp3) is 0.0526. The fourth-order valence-corrected chi connectivity index (χ4v) is 11.5. The zero-order valence-corrected chi connectivity index (χ0v) is 34.4. The summed E-state index contributed by atoms with van der Waals surface area (Å²) in [7, 11) is 0. The summed E-state index contributed by atoms with van der Waals surface area (Å²) in [5, 5.41) is 6.72. The Labute approximate surface area is 356 Å². The normalized spacial score (nSPS) is 13.2. The molecule has 13 rings (SSSR count). The minimum absolute atomic E-state index is 0.163. The van der Waals surface area contributed by atoms with Crippen LogP contribution in [0.5, 0.6) is 0 Å². The molecule has 0 atom stereocenters. The Kier molecular flexibility index (Phi) is 7.23. The first kappa shape index (κ1) is 34.5. The third kappa shape index (κ3) is 4.97. The van der Waals surface area contributed by atoms with Gasteiger partial charge in [-0.25, -0.2) is 0 Å². The van der Waals surface area contributed by atoms with Crippen molar-refractivity contribution < 1.29 is 8.83 Å². The van der Waals surface area contributed by atoms with Crippen molar-refractivity contribution in [1.82, 2.24) is 0 Å². The van der Waals surface area contributed by atoms with Crippen LogP contribution < -0.4 is 4.90 Å². The van der Waals surface area contributed by atoms with Crippen molar-refractivity contribution in [2.45, 2.75) is 19.3 Å². The molecule has 0 spiro atoms. The number of hydrogen-bond donors (Lipinski definition) is 0. The van der Waals surface area contributed by atoms with Crippen molar-refractivity contribution in [3.63, 3.8) is 0 Å². The molecule has 9 aromatic carbocycles. The molecule has 0 aliphatic heterocycles. The van der Waals surface area contributed by atoms with Gasteiger partial charge in [0, 0.05) is 64.2 Å².